The van der Waals surface area contributed by atoms with Gasteiger partial charge in [0.2, 0.25) is 5.91 Å². The van der Waals surface area contributed by atoms with Gasteiger partial charge in [-0.2, -0.15) is 0 Å². The van der Waals surface area contributed by atoms with Crippen molar-refractivity contribution in [3.05, 3.63) is 24.3 Å². The predicted molar refractivity (Wildman–Crippen MR) is 128 cm³/mol. The van der Waals surface area contributed by atoms with E-state index in [-0.39, 0.29) is 18.3 Å². The van der Waals surface area contributed by atoms with Gasteiger partial charge in [0.1, 0.15) is 12.4 Å². The van der Waals surface area contributed by atoms with Crippen molar-refractivity contribution in [2.24, 2.45) is 0 Å². The summed E-state index contributed by atoms with van der Waals surface area (Å²) in [6.07, 6.45) is 0.244. The molecule has 0 atom stereocenters. The number of hydrogen-bond donors (Lipinski definition) is 1. The number of rotatable bonds is 23. The van der Waals surface area contributed by atoms with E-state index in [1.54, 1.807) is 24.3 Å². The highest BCUT2D eigenvalue weighted by Crippen LogP contribution is 2.15. The number of anilines is 1. The van der Waals surface area contributed by atoms with Crippen LogP contribution in [0.1, 0.15) is 13.3 Å². The smallest absolute Gasteiger partial charge is 0.307 e. The van der Waals surface area contributed by atoms with E-state index in [4.69, 9.17) is 33.2 Å². The van der Waals surface area contributed by atoms with Crippen molar-refractivity contribution in [3.8, 4) is 5.75 Å². The average molecular weight is 502 g/mol. The summed E-state index contributed by atoms with van der Waals surface area (Å²) in [5.74, 6) is 0.318. The van der Waals surface area contributed by atoms with Crippen LogP contribution >= 0.6 is 0 Å². The molecular formula is C24H39NO10. The maximum absolute atomic E-state index is 11.0. The lowest BCUT2D eigenvalue weighted by atomic mass is 10.3. The third-order valence-electron chi connectivity index (χ3n) is 4.21. The van der Waals surface area contributed by atoms with Gasteiger partial charge in [0.05, 0.1) is 92.8 Å². The number of nitrogens with one attached hydrogen (secondary N) is 1. The molecule has 0 heterocycles. The molecule has 0 aliphatic carbocycles. The second-order valence-electron chi connectivity index (χ2n) is 7.05. The Morgan fingerprint density at radius 2 is 1.03 bits per heavy atom. The van der Waals surface area contributed by atoms with E-state index in [9.17, 15) is 9.59 Å². The standard InChI is InChI=1S/C24H39NO10/c1-21(26)25-22-3-5-23(6-4-22)35-20-19-34-18-17-33-16-15-32-14-13-31-12-11-30-10-9-29-8-7-24(27)28-2/h3-6H,7-20H2,1-2H3,(H,25,26). The van der Waals surface area contributed by atoms with Gasteiger partial charge in [0, 0.05) is 12.6 Å². The van der Waals surface area contributed by atoms with E-state index in [0.717, 1.165) is 5.69 Å². The lowest BCUT2D eigenvalue weighted by Gasteiger charge is -2.09. The predicted octanol–water partition coefficient (Wildman–Crippen LogP) is 1.69. The first-order valence-corrected chi connectivity index (χ1v) is 11.7. The number of methoxy groups -OCH3 is 1. The number of esters is 1. The zero-order valence-electron chi connectivity index (χ0n) is 20.8. The van der Waals surface area contributed by atoms with Gasteiger partial charge in [-0.05, 0) is 24.3 Å². The van der Waals surface area contributed by atoms with Gasteiger partial charge in [-0.3, -0.25) is 9.59 Å². The monoisotopic (exact) mass is 501 g/mol. The summed E-state index contributed by atoms with van der Waals surface area (Å²) in [6.45, 7) is 7.40. The third-order valence-corrected chi connectivity index (χ3v) is 4.21. The fraction of sp³-hybridized carbons (Fsp3) is 0.667. The fourth-order valence-electron chi connectivity index (χ4n) is 2.52. The van der Waals surface area contributed by atoms with Gasteiger partial charge in [-0.1, -0.05) is 0 Å². The highest BCUT2D eigenvalue weighted by molar-refractivity contribution is 5.88. The van der Waals surface area contributed by atoms with Gasteiger partial charge in [-0.15, -0.1) is 0 Å². The van der Waals surface area contributed by atoms with Crippen molar-refractivity contribution < 1.29 is 47.5 Å². The molecule has 1 amide bonds. The number of ether oxygens (including phenoxy) is 8. The SMILES string of the molecule is COC(=O)CCOCCOCCOCCOCCOCCOCCOc1ccc(NC(C)=O)cc1. The van der Waals surface area contributed by atoms with Crippen LogP contribution in [0, 0.1) is 0 Å². The molecule has 1 aromatic carbocycles. The minimum atomic E-state index is -0.287. The Bertz CT molecular complexity index is 656. The van der Waals surface area contributed by atoms with Crippen LogP contribution in [0.25, 0.3) is 0 Å². The molecule has 0 spiro atoms. The molecule has 0 unspecified atom stereocenters. The Labute approximate surface area is 207 Å². The molecule has 0 fully saturated rings. The Kier molecular flexibility index (Phi) is 19.5. The summed E-state index contributed by atoms with van der Waals surface area (Å²) in [6, 6.07) is 7.15. The first-order valence-electron chi connectivity index (χ1n) is 11.7. The van der Waals surface area contributed by atoms with Crippen LogP contribution in [0.4, 0.5) is 5.69 Å². The minimum absolute atomic E-state index is 0.109. The zero-order chi connectivity index (χ0) is 25.4. The van der Waals surface area contributed by atoms with E-state index in [1.165, 1.54) is 14.0 Å². The zero-order valence-corrected chi connectivity index (χ0v) is 20.8. The molecule has 35 heavy (non-hydrogen) atoms. The van der Waals surface area contributed by atoms with Crippen LogP contribution in [0.2, 0.25) is 0 Å². The van der Waals surface area contributed by atoms with E-state index in [0.29, 0.717) is 91.6 Å². The molecule has 11 nitrogen and oxygen atoms in total. The molecule has 0 saturated carbocycles. The van der Waals surface area contributed by atoms with Crippen molar-refractivity contribution in [3.63, 3.8) is 0 Å². The topological polar surface area (TPSA) is 120 Å². The van der Waals surface area contributed by atoms with Crippen molar-refractivity contribution >= 4 is 17.6 Å². The molecule has 0 aliphatic rings. The quantitative estimate of drug-likeness (QED) is 0.175. The van der Waals surface area contributed by atoms with Crippen LogP contribution in [0.5, 0.6) is 5.75 Å². The fourth-order valence-corrected chi connectivity index (χ4v) is 2.52. The number of benzene rings is 1. The lowest BCUT2D eigenvalue weighted by Crippen LogP contribution is -2.15. The molecule has 0 radical (unpaired) electrons. The molecule has 1 aromatic rings. The molecule has 11 heteroatoms. The van der Waals surface area contributed by atoms with Gasteiger partial charge in [0.15, 0.2) is 0 Å². The first kappa shape index (κ1) is 30.8. The third kappa shape index (κ3) is 19.7. The summed E-state index contributed by atoms with van der Waals surface area (Å²) >= 11 is 0. The molecule has 1 rings (SSSR count). The molecule has 200 valence electrons. The van der Waals surface area contributed by atoms with Gasteiger partial charge >= 0.3 is 5.97 Å². The molecule has 1 N–H and O–H groups in total. The molecule has 0 bridgehead atoms. The second-order valence-corrected chi connectivity index (χ2v) is 7.05. The number of hydrogen-bond acceptors (Lipinski definition) is 10. The summed E-state index contributed by atoms with van der Waals surface area (Å²) in [5.41, 5.74) is 0.730. The summed E-state index contributed by atoms with van der Waals surface area (Å²) < 4.78 is 42.4. The van der Waals surface area contributed by atoms with Crippen molar-refractivity contribution in [1.29, 1.82) is 0 Å². The van der Waals surface area contributed by atoms with E-state index >= 15 is 0 Å². The Morgan fingerprint density at radius 1 is 0.629 bits per heavy atom. The van der Waals surface area contributed by atoms with Gasteiger partial charge < -0.3 is 43.2 Å². The first-order chi connectivity index (χ1) is 17.1. The van der Waals surface area contributed by atoms with Crippen molar-refractivity contribution in [1.82, 2.24) is 0 Å². The van der Waals surface area contributed by atoms with E-state index in [1.807, 2.05) is 0 Å². The lowest BCUT2D eigenvalue weighted by molar-refractivity contribution is -0.142. The average Bonchev–Trinajstić information content (AvgIpc) is 2.85. The summed E-state index contributed by atoms with van der Waals surface area (Å²) in [7, 11) is 1.35. The van der Waals surface area contributed by atoms with Crippen LogP contribution < -0.4 is 10.1 Å². The van der Waals surface area contributed by atoms with Crippen molar-refractivity contribution in [2.45, 2.75) is 13.3 Å². The number of amides is 1. The maximum atomic E-state index is 11.0. The Balaban J connectivity index is 1.74. The van der Waals surface area contributed by atoms with E-state index in [2.05, 4.69) is 10.1 Å². The van der Waals surface area contributed by atoms with Crippen molar-refractivity contribution in [2.75, 3.05) is 98.3 Å². The highest BCUT2D eigenvalue weighted by Gasteiger charge is 2.00. The number of carbonyl (C=O) groups is 2. The van der Waals surface area contributed by atoms with Crippen LogP contribution in [-0.4, -0.2) is 105 Å². The van der Waals surface area contributed by atoms with Gasteiger partial charge in [0.25, 0.3) is 0 Å². The molecule has 0 saturated heterocycles. The maximum Gasteiger partial charge on any atom is 0.307 e. The largest absolute Gasteiger partial charge is 0.491 e. The Hall–Kier alpha value is -2.28. The highest BCUT2D eigenvalue weighted by atomic mass is 16.6. The summed E-state index contributed by atoms with van der Waals surface area (Å²) in [4.78, 5) is 21.9. The Morgan fingerprint density at radius 3 is 1.43 bits per heavy atom. The van der Waals surface area contributed by atoms with Gasteiger partial charge in [-0.25, -0.2) is 0 Å². The van der Waals surface area contributed by atoms with Crippen LogP contribution in [-0.2, 0) is 42.7 Å². The van der Waals surface area contributed by atoms with Crippen LogP contribution in [0.15, 0.2) is 24.3 Å². The minimum Gasteiger partial charge on any atom is -0.491 e. The van der Waals surface area contributed by atoms with Crippen LogP contribution in [0.3, 0.4) is 0 Å². The molecular weight excluding hydrogens is 462 g/mol. The van der Waals surface area contributed by atoms with E-state index < -0.39 is 0 Å². The molecule has 0 aliphatic heterocycles. The summed E-state index contributed by atoms with van der Waals surface area (Å²) in [5, 5.41) is 2.70. The second kappa shape index (κ2) is 22.2. The molecule has 0 aromatic heterocycles. The number of carbonyl (C=O) groups excluding carboxylic acids is 2. The normalized spacial score (nSPS) is 10.8.